The van der Waals surface area contributed by atoms with Crippen molar-refractivity contribution in [3.8, 4) is 0 Å². The third-order valence-electron chi connectivity index (χ3n) is 9.82. The molecule has 0 saturated carbocycles. The van der Waals surface area contributed by atoms with Gasteiger partial charge < -0.3 is 80.2 Å². The second-order valence-corrected chi connectivity index (χ2v) is 22.1. The summed E-state index contributed by atoms with van der Waals surface area (Å²) in [4.78, 5) is 109. The average Bonchev–Trinajstić information content (AvgIpc) is 3.91. The van der Waals surface area contributed by atoms with E-state index < -0.39 is 129 Å². The molecule has 32 nitrogen and oxygen atoms in total. The van der Waals surface area contributed by atoms with Crippen molar-refractivity contribution >= 4 is 77.0 Å². The highest BCUT2D eigenvalue weighted by molar-refractivity contribution is 8.14. The summed E-state index contributed by atoms with van der Waals surface area (Å²) in [6, 6.07) is 2.90. The molecule has 0 spiro atoms. The maximum Gasteiger partial charge on any atom is 0.478 e. The highest BCUT2D eigenvalue weighted by atomic mass is 32.2. The van der Waals surface area contributed by atoms with Crippen LogP contribution in [-0.2, 0) is 59.7 Å². The number of carbonyl (C=O) groups excluding carboxylic acids is 3. The molecular formula is C32H48N8O24P4S. The van der Waals surface area contributed by atoms with Gasteiger partial charge in [-0.2, -0.15) is 4.57 Å². The first-order valence-electron chi connectivity index (χ1n) is 19.7. The Balaban J connectivity index is 1.02. The number of phosphoric acid groups is 4. The fourth-order valence-corrected chi connectivity index (χ4v) is 10.2. The Morgan fingerprint density at radius 2 is 1.64 bits per heavy atom. The Labute approximate surface area is 393 Å². The van der Waals surface area contributed by atoms with Crippen LogP contribution >= 0.6 is 43.1 Å². The molecule has 11 atom stereocenters. The second kappa shape index (κ2) is 23.1. The van der Waals surface area contributed by atoms with Crippen molar-refractivity contribution in [2.24, 2.45) is 5.41 Å². The summed E-state index contributed by atoms with van der Waals surface area (Å²) in [7, 11) is -21.8. The quantitative estimate of drug-likeness (QED) is 0.0234. The van der Waals surface area contributed by atoms with E-state index in [9.17, 15) is 72.6 Å². The lowest BCUT2D eigenvalue weighted by molar-refractivity contribution is -0.765. The van der Waals surface area contributed by atoms with E-state index in [1.54, 1.807) is 0 Å². The maximum absolute atomic E-state index is 12.8. The van der Waals surface area contributed by atoms with Crippen LogP contribution in [0.3, 0.4) is 0 Å². The predicted molar refractivity (Wildman–Crippen MR) is 225 cm³/mol. The lowest BCUT2D eigenvalue weighted by Gasteiger charge is -2.32. The van der Waals surface area contributed by atoms with E-state index in [0.29, 0.717) is 0 Å². The van der Waals surface area contributed by atoms with Gasteiger partial charge in [-0.15, -0.1) is 0 Å². The summed E-state index contributed by atoms with van der Waals surface area (Å²) >= 11 is 0.810. The first-order valence-corrected chi connectivity index (χ1v) is 26.7. The fraction of sp³-hybridized carbons (Fsp3) is 0.594. The smallest absolute Gasteiger partial charge is 0.478 e. The molecule has 386 valence electrons. The van der Waals surface area contributed by atoms with E-state index in [0.717, 1.165) is 29.0 Å². The van der Waals surface area contributed by atoms with Gasteiger partial charge in [-0.3, -0.25) is 37.1 Å². The minimum Gasteiger partial charge on any atom is -0.756 e. The number of phosphoric ester groups is 4. The van der Waals surface area contributed by atoms with Crippen LogP contribution in [0.1, 0.15) is 43.1 Å². The molecule has 0 aromatic carbocycles. The molecule has 0 bridgehead atoms. The number of fused-ring (bicyclic) bond motifs is 1. The lowest BCUT2D eigenvalue weighted by Crippen LogP contribution is -2.46. The number of hydrogen-bond donors (Lipinski definition) is 12. The molecule has 2 aliphatic heterocycles. The maximum atomic E-state index is 12.8. The highest BCUT2D eigenvalue weighted by Gasteiger charge is 2.51. The van der Waals surface area contributed by atoms with E-state index in [-0.39, 0.29) is 47.8 Å². The third kappa shape index (κ3) is 15.8. The average molecular weight is 1080 g/mol. The number of rotatable bonds is 24. The molecule has 13 N–H and O–H groups in total. The first-order chi connectivity index (χ1) is 32.0. The number of imidazole rings is 1. The largest absolute Gasteiger partial charge is 0.756 e. The number of nitrogen functional groups attached to an aromatic ring is 1. The van der Waals surface area contributed by atoms with Gasteiger partial charge in [0.05, 0.1) is 31.7 Å². The first kappa shape index (κ1) is 56.6. The van der Waals surface area contributed by atoms with Gasteiger partial charge in [0.25, 0.3) is 14.1 Å². The Morgan fingerprint density at radius 1 is 0.942 bits per heavy atom. The molecule has 11 unspecified atom stereocenters. The molecule has 3 aromatic rings. The van der Waals surface area contributed by atoms with Crippen LogP contribution in [-0.4, -0.2) is 163 Å². The Morgan fingerprint density at radius 3 is 2.32 bits per heavy atom. The minimum atomic E-state index is -5.82. The number of nitrogens with two attached hydrogens (primary N) is 1. The third-order valence-corrected chi connectivity index (χ3v) is 14.3. The molecular weight excluding hydrogens is 1040 g/mol. The van der Waals surface area contributed by atoms with E-state index >= 15 is 0 Å². The number of pyridine rings is 1. The van der Waals surface area contributed by atoms with Crippen molar-refractivity contribution in [3.05, 3.63) is 42.7 Å². The number of aliphatic hydroxyl groups is 4. The topological polar surface area (TPSA) is 487 Å². The summed E-state index contributed by atoms with van der Waals surface area (Å²) in [5, 5.41) is 46.6. The summed E-state index contributed by atoms with van der Waals surface area (Å²) in [6.07, 6.45) is -10.3. The van der Waals surface area contributed by atoms with Crippen LogP contribution in [0.25, 0.3) is 11.2 Å². The second-order valence-electron chi connectivity index (χ2n) is 15.6. The fourth-order valence-electron chi connectivity index (χ4n) is 6.41. The molecule has 2 fully saturated rings. The number of amides is 2. The zero-order chi connectivity index (χ0) is 51.3. The molecule has 2 amide bonds. The van der Waals surface area contributed by atoms with Gasteiger partial charge in [0, 0.05) is 36.7 Å². The molecule has 3 aromatic heterocycles. The van der Waals surface area contributed by atoms with Gasteiger partial charge >= 0.3 is 23.5 Å². The molecule has 5 heterocycles. The summed E-state index contributed by atoms with van der Waals surface area (Å²) in [6.45, 7) is -0.901. The van der Waals surface area contributed by atoms with Gasteiger partial charge in [-0.25, -0.2) is 33.0 Å². The minimum absolute atomic E-state index is 0.00195. The van der Waals surface area contributed by atoms with Crippen molar-refractivity contribution in [2.75, 3.05) is 44.4 Å². The van der Waals surface area contributed by atoms with Crippen LogP contribution in [0.2, 0.25) is 0 Å². The van der Waals surface area contributed by atoms with Gasteiger partial charge in [0.1, 0.15) is 48.5 Å². The molecule has 0 aliphatic carbocycles. The number of ether oxygens (including phenoxy) is 2. The van der Waals surface area contributed by atoms with Gasteiger partial charge in [-0.05, 0) is 6.07 Å². The van der Waals surface area contributed by atoms with Crippen molar-refractivity contribution < 1.29 is 119 Å². The van der Waals surface area contributed by atoms with Crippen LogP contribution in [0.5, 0.6) is 0 Å². The van der Waals surface area contributed by atoms with Crippen LogP contribution in [0.15, 0.2) is 37.2 Å². The number of aliphatic hydroxyl groups excluding tert-OH is 4. The van der Waals surface area contributed by atoms with Gasteiger partial charge in [0.2, 0.25) is 16.9 Å². The number of aromatic nitrogens is 5. The van der Waals surface area contributed by atoms with Crippen LogP contribution in [0.4, 0.5) is 5.82 Å². The normalized spacial score (nSPS) is 25.5. The molecule has 2 saturated heterocycles. The molecule has 5 rings (SSSR count). The Kier molecular flexibility index (Phi) is 18.9. The molecule has 2 aliphatic rings. The summed E-state index contributed by atoms with van der Waals surface area (Å²) in [5.74, 6) is -1.64. The number of nitrogens with zero attached hydrogens (tertiary/aromatic N) is 5. The Bertz CT molecular complexity index is 2520. The predicted octanol–water partition coefficient (Wildman–Crippen LogP) is -3.64. The number of nitrogens with one attached hydrogen (secondary N) is 2. The monoisotopic (exact) mass is 1080 g/mol. The van der Waals surface area contributed by atoms with Crippen molar-refractivity contribution in [1.29, 1.82) is 0 Å². The summed E-state index contributed by atoms with van der Waals surface area (Å²) in [5.41, 5.74) is 4.22. The highest BCUT2D eigenvalue weighted by Crippen LogP contribution is 2.59. The van der Waals surface area contributed by atoms with Crippen LogP contribution < -0.4 is 25.8 Å². The SMILES string of the molecule is CC(C)(COP(=O)([O-])OP(=O)(O)OCC1OC(n2cnc3c(N)ncnc32)C(O)C1OP(=O)(O)O)C(O)C(=O)NCCC(=O)NCCSC(=O)c1ccc[n+](C2OC(COP(=O)(O)O)C(O)C2O)c1. The van der Waals surface area contributed by atoms with E-state index in [1.165, 1.54) is 42.9 Å². The molecule has 69 heavy (non-hydrogen) atoms. The summed E-state index contributed by atoms with van der Waals surface area (Å²) < 4.78 is 84.0. The zero-order valence-electron chi connectivity index (χ0n) is 35.8. The number of hydrogen-bond acceptors (Lipinski definition) is 24. The number of carbonyl (C=O) groups is 3. The van der Waals surface area contributed by atoms with E-state index in [1.807, 2.05) is 0 Å². The van der Waals surface area contributed by atoms with Crippen molar-refractivity contribution in [1.82, 2.24) is 30.2 Å². The number of anilines is 1. The standard InChI is InChI=1S/C32H48N8O24P4S/c1-32(2,13-60-68(56,57)64-67(54,55)59-12-18-24(63-66(51,52)53)23(44)30(62-18)40-15-38-20-26(33)36-14-37-27(20)40)25(45)28(46)35-6-5-19(41)34-7-9-69-31(47)16-4-3-8-39(10-16)29-22(43)21(42)17(61-29)11-58-65(48,49)50/h3-4,8,10,14-15,17-18,21-25,29-30,42-45H,5-7,9,11-13H2,1-2H3,(H9-,33,34,35,36,37,41,46,48,49,50,51,52,53,54,55,56,57). The van der Waals surface area contributed by atoms with Crippen molar-refractivity contribution in [3.63, 3.8) is 0 Å². The van der Waals surface area contributed by atoms with E-state index in [2.05, 4.69) is 43.5 Å². The van der Waals surface area contributed by atoms with Crippen LogP contribution in [0, 0.1) is 5.41 Å². The molecule has 0 radical (unpaired) electrons. The van der Waals surface area contributed by atoms with Gasteiger partial charge in [0.15, 0.2) is 36.2 Å². The Hall–Kier alpha value is -3.30. The number of thioether (sulfide) groups is 1. The van der Waals surface area contributed by atoms with Crippen molar-refractivity contribution in [2.45, 2.75) is 75.5 Å². The molecule has 37 heteroatoms. The lowest BCUT2D eigenvalue weighted by atomic mass is 9.87. The van der Waals surface area contributed by atoms with E-state index in [4.69, 9.17) is 29.5 Å². The zero-order valence-corrected chi connectivity index (χ0v) is 40.2. The van der Waals surface area contributed by atoms with Gasteiger partial charge in [-0.1, -0.05) is 25.6 Å².